The molecule has 0 radical (unpaired) electrons. The number of nitrogens with zero attached hydrogens (tertiary/aromatic N) is 1. The van der Waals surface area contributed by atoms with E-state index in [0.29, 0.717) is 27.9 Å². The number of non-ortho nitro benzene ring substituents is 1. The van der Waals surface area contributed by atoms with Gasteiger partial charge in [0.15, 0.2) is 0 Å². The number of nitrogens with one attached hydrogen (secondary N) is 2. The Morgan fingerprint density at radius 2 is 1.80 bits per heavy atom. The molecule has 2 N–H and O–H groups in total. The molecule has 2 rings (SSSR count). The molecule has 2 aromatic rings. The lowest BCUT2D eigenvalue weighted by Crippen LogP contribution is -2.15. The van der Waals surface area contributed by atoms with Crippen LogP contribution in [0.5, 0.6) is 11.5 Å². The number of methoxy groups -OCH3 is 2. The lowest BCUT2D eigenvalue weighted by atomic mass is 10.1. The van der Waals surface area contributed by atoms with Gasteiger partial charge < -0.3 is 20.1 Å². The van der Waals surface area contributed by atoms with E-state index in [1.807, 2.05) is 0 Å². The van der Waals surface area contributed by atoms with Gasteiger partial charge in [0.25, 0.3) is 11.6 Å². The minimum Gasteiger partial charge on any atom is -0.495 e. The number of carbonyl (C=O) groups excluding carboxylic acids is 1. The molecule has 0 atom stereocenters. The van der Waals surface area contributed by atoms with E-state index < -0.39 is 10.8 Å². The third-order valence-corrected chi connectivity index (χ3v) is 3.75. The highest BCUT2D eigenvalue weighted by atomic mass is 35.5. The Morgan fingerprint density at radius 1 is 1.12 bits per heavy atom. The van der Waals surface area contributed by atoms with Crippen molar-refractivity contribution in [1.82, 2.24) is 0 Å². The molecule has 0 bridgehead atoms. The van der Waals surface area contributed by atoms with Crippen molar-refractivity contribution in [2.75, 3.05) is 31.9 Å². The Hall–Kier alpha value is -3.00. The highest BCUT2D eigenvalue weighted by Gasteiger charge is 2.19. The van der Waals surface area contributed by atoms with Gasteiger partial charge in [0.2, 0.25) is 0 Å². The van der Waals surface area contributed by atoms with E-state index in [4.69, 9.17) is 21.1 Å². The third kappa shape index (κ3) is 3.92. The molecule has 0 fully saturated rings. The molecule has 0 unspecified atom stereocenters. The molecule has 0 spiro atoms. The third-order valence-electron chi connectivity index (χ3n) is 3.45. The van der Waals surface area contributed by atoms with Crippen LogP contribution in [0.3, 0.4) is 0 Å². The van der Waals surface area contributed by atoms with E-state index >= 15 is 0 Å². The number of ether oxygens (including phenoxy) is 2. The quantitative estimate of drug-likeness (QED) is 0.599. The van der Waals surface area contributed by atoms with Gasteiger partial charge in [0.1, 0.15) is 11.5 Å². The van der Waals surface area contributed by atoms with E-state index in [9.17, 15) is 14.9 Å². The maximum absolute atomic E-state index is 12.6. The minimum absolute atomic E-state index is 0.118. The fourth-order valence-corrected chi connectivity index (χ4v) is 2.43. The van der Waals surface area contributed by atoms with E-state index in [0.717, 1.165) is 0 Å². The second-order valence-corrected chi connectivity index (χ2v) is 5.29. The molecular formula is C16H16ClN3O5. The zero-order chi connectivity index (χ0) is 18.6. The van der Waals surface area contributed by atoms with Gasteiger partial charge >= 0.3 is 0 Å². The number of nitro groups is 1. The van der Waals surface area contributed by atoms with E-state index in [2.05, 4.69) is 10.6 Å². The van der Waals surface area contributed by atoms with Crippen molar-refractivity contribution in [3.05, 3.63) is 51.0 Å². The first kappa shape index (κ1) is 18.3. The van der Waals surface area contributed by atoms with Crippen molar-refractivity contribution in [3.8, 4) is 11.5 Å². The van der Waals surface area contributed by atoms with Crippen molar-refractivity contribution in [2.24, 2.45) is 0 Å². The summed E-state index contributed by atoms with van der Waals surface area (Å²) in [4.78, 5) is 23.0. The molecule has 0 aliphatic carbocycles. The van der Waals surface area contributed by atoms with Crippen LogP contribution in [0.1, 0.15) is 10.4 Å². The van der Waals surface area contributed by atoms with Gasteiger partial charge in [-0.15, -0.1) is 0 Å². The average molecular weight is 366 g/mol. The monoisotopic (exact) mass is 365 g/mol. The molecule has 0 aliphatic heterocycles. The molecule has 0 saturated carbocycles. The summed E-state index contributed by atoms with van der Waals surface area (Å²) < 4.78 is 10.3. The first-order valence-corrected chi connectivity index (χ1v) is 7.48. The van der Waals surface area contributed by atoms with Gasteiger partial charge in [-0.1, -0.05) is 11.6 Å². The molecule has 0 saturated heterocycles. The number of hydrogen-bond donors (Lipinski definition) is 2. The van der Waals surface area contributed by atoms with Crippen LogP contribution in [0.2, 0.25) is 5.02 Å². The van der Waals surface area contributed by atoms with Gasteiger partial charge in [-0.25, -0.2) is 0 Å². The van der Waals surface area contributed by atoms with Crippen LogP contribution in [-0.2, 0) is 0 Å². The predicted octanol–water partition coefficient (Wildman–Crippen LogP) is 3.56. The number of benzene rings is 2. The van der Waals surface area contributed by atoms with E-state index in [-0.39, 0.29) is 11.3 Å². The molecule has 132 valence electrons. The topological polar surface area (TPSA) is 103 Å². The number of carbonyl (C=O) groups is 1. The Morgan fingerprint density at radius 3 is 2.36 bits per heavy atom. The highest BCUT2D eigenvalue weighted by molar-refractivity contribution is 6.32. The molecule has 2 aromatic carbocycles. The second-order valence-electron chi connectivity index (χ2n) is 4.88. The SMILES string of the molecule is CNc1ccc([N+](=O)[O-])cc1C(=O)Nc1cc(OC)c(Cl)cc1OC. The zero-order valence-corrected chi connectivity index (χ0v) is 14.5. The van der Waals surface area contributed by atoms with Crippen LogP contribution in [0, 0.1) is 10.1 Å². The molecule has 9 heteroatoms. The molecule has 0 heterocycles. The van der Waals surface area contributed by atoms with Crippen LogP contribution in [0.25, 0.3) is 0 Å². The maximum atomic E-state index is 12.6. The summed E-state index contributed by atoms with van der Waals surface area (Å²) in [5.74, 6) is 0.136. The van der Waals surface area contributed by atoms with E-state index in [1.165, 1.54) is 44.6 Å². The van der Waals surface area contributed by atoms with Crippen LogP contribution >= 0.6 is 11.6 Å². The number of halogens is 1. The van der Waals surface area contributed by atoms with Crippen LogP contribution in [0.15, 0.2) is 30.3 Å². The fraction of sp³-hybridized carbons (Fsp3) is 0.188. The number of amides is 1. The summed E-state index contributed by atoms with van der Waals surface area (Å²) in [6.07, 6.45) is 0. The number of nitro benzene ring substituents is 1. The zero-order valence-electron chi connectivity index (χ0n) is 13.8. The second kappa shape index (κ2) is 7.71. The summed E-state index contributed by atoms with van der Waals surface area (Å²) in [5, 5.41) is 16.8. The lowest BCUT2D eigenvalue weighted by Gasteiger charge is -2.14. The lowest BCUT2D eigenvalue weighted by molar-refractivity contribution is -0.384. The predicted molar refractivity (Wildman–Crippen MR) is 95.2 cm³/mol. The van der Waals surface area contributed by atoms with Crippen molar-refractivity contribution >= 4 is 34.6 Å². The Balaban J connectivity index is 2.43. The van der Waals surface area contributed by atoms with Crippen molar-refractivity contribution in [2.45, 2.75) is 0 Å². The van der Waals surface area contributed by atoms with Crippen LogP contribution < -0.4 is 20.1 Å². The fourth-order valence-electron chi connectivity index (χ4n) is 2.20. The van der Waals surface area contributed by atoms with Gasteiger partial charge in [-0.2, -0.15) is 0 Å². The van der Waals surface area contributed by atoms with Crippen molar-refractivity contribution in [3.63, 3.8) is 0 Å². The van der Waals surface area contributed by atoms with Gasteiger partial charge in [-0.3, -0.25) is 14.9 Å². The number of rotatable bonds is 6. The summed E-state index contributed by atoms with van der Waals surface area (Å²) in [6.45, 7) is 0. The molecule has 1 amide bonds. The van der Waals surface area contributed by atoms with Gasteiger partial charge in [0, 0.05) is 37.0 Å². The molecule has 8 nitrogen and oxygen atoms in total. The Bertz CT molecular complexity index is 826. The normalized spacial score (nSPS) is 10.1. The van der Waals surface area contributed by atoms with Crippen molar-refractivity contribution < 1.29 is 19.2 Å². The Labute approximate surface area is 148 Å². The highest BCUT2D eigenvalue weighted by Crippen LogP contribution is 2.36. The summed E-state index contributed by atoms with van der Waals surface area (Å²) >= 11 is 6.03. The average Bonchev–Trinajstić information content (AvgIpc) is 2.61. The molecule has 0 aromatic heterocycles. The first-order valence-electron chi connectivity index (χ1n) is 7.10. The summed E-state index contributed by atoms with van der Waals surface area (Å²) in [7, 11) is 4.49. The first-order chi connectivity index (χ1) is 11.9. The molecule has 0 aliphatic rings. The smallest absolute Gasteiger partial charge is 0.270 e. The molecular weight excluding hydrogens is 350 g/mol. The Kier molecular flexibility index (Phi) is 5.66. The van der Waals surface area contributed by atoms with Gasteiger partial charge in [-0.05, 0) is 6.07 Å². The largest absolute Gasteiger partial charge is 0.495 e. The maximum Gasteiger partial charge on any atom is 0.270 e. The summed E-state index contributed by atoms with van der Waals surface area (Å²) in [5.41, 5.74) is 0.697. The van der Waals surface area contributed by atoms with Crippen LogP contribution in [0.4, 0.5) is 17.1 Å². The minimum atomic E-state index is -0.567. The van der Waals surface area contributed by atoms with Crippen molar-refractivity contribution in [1.29, 1.82) is 0 Å². The summed E-state index contributed by atoms with van der Waals surface area (Å²) in [6, 6.07) is 6.99. The van der Waals surface area contributed by atoms with Crippen LogP contribution in [-0.4, -0.2) is 32.1 Å². The number of anilines is 2. The van der Waals surface area contributed by atoms with E-state index in [1.54, 1.807) is 7.05 Å². The number of hydrogen-bond acceptors (Lipinski definition) is 6. The molecule has 25 heavy (non-hydrogen) atoms. The van der Waals surface area contributed by atoms with Gasteiger partial charge in [0.05, 0.1) is 35.4 Å². The standard InChI is InChI=1S/C16H16ClN3O5/c1-18-12-5-4-9(20(22)23)6-10(12)16(21)19-13-8-14(24-2)11(17)7-15(13)25-3/h4-8,18H,1-3H3,(H,19,21).